The van der Waals surface area contributed by atoms with Crippen molar-refractivity contribution in [3.05, 3.63) is 82.4 Å². The second kappa shape index (κ2) is 9.83. The molecule has 3 N–H and O–H groups in total. The van der Waals surface area contributed by atoms with Crippen LogP contribution in [0, 0.1) is 11.3 Å². The number of hydrogen-bond acceptors (Lipinski definition) is 5. The number of benzene rings is 3. The largest absolute Gasteiger partial charge is 0.456 e. The number of anilines is 1. The van der Waals surface area contributed by atoms with Crippen molar-refractivity contribution in [3.8, 4) is 17.6 Å². The summed E-state index contributed by atoms with van der Waals surface area (Å²) in [6.45, 7) is 1.98. The third kappa shape index (κ3) is 5.65. The normalized spacial score (nSPS) is 10.9. The molecule has 0 spiro atoms. The molecule has 9 heteroatoms. The Hall–Kier alpha value is -3.38. The number of carbonyl (C=O) groups excluding carboxylic acids is 1. The number of amides is 1. The van der Waals surface area contributed by atoms with Crippen LogP contribution in [0.4, 0.5) is 5.69 Å². The summed E-state index contributed by atoms with van der Waals surface area (Å²) in [6, 6.07) is 18.1. The van der Waals surface area contributed by atoms with Gasteiger partial charge in [-0.15, -0.1) is 0 Å². The molecule has 0 aliphatic rings. The molecular formula is C23H20ClN3O4S. The van der Waals surface area contributed by atoms with Crippen LogP contribution in [0.2, 0.25) is 5.02 Å². The van der Waals surface area contributed by atoms with Gasteiger partial charge in [0.1, 0.15) is 23.1 Å². The molecule has 3 aromatic carbocycles. The Morgan fingerprint density at radius 3 is 2.47 bits per heavy atom. The van der Waals surface area contributed by atoms with E-state index in [1.165, 1.54) is 24.3 Å². The van der Waals surface area contributed by atoms with E-state index in [0.29, 0.717) is 34.2 Å². The fraction of sp³-hybridized carbons (Fsp3) is 0.130. The van der Waals surface area contributed by atoms with Gasteiger partial charge in [-0.2, -0.15) is 5.26 Å². The maximum Gasteiger partial charge on any atom is 0.238 e. The summed E-state index contributed by atoms with van der Waals surface area (Å²) in [5, 5.41) is 17.5. The summed E-state index contributed by atoms with van der Waals surface area (Å²) in [4.78, 5) is 12.4. The summed E-state index contributed by atoms with van der Waals surface area (Å²) in [5.41, 5.74) is 2.30. The van der Waals surface area contributed by atoms with Gasteiger partial charge in [0.15, 0.2) is 0 Å². The first kappa shape index (κ1) is 23.3. The van der Waals surface area contributed by atoms with E-state index in [2.05, 4.69) is 5.32 Å². The molecule has 1 amide bonds. The van der Waals surface area contributed by atoms with Gasteiger partial charge in [0.2, 0.25) is 15.9 Å². The zero-order valence-electron chi connectivity index (χ0n) is 17.1. The minimum Gasteiger partial charge on any atom is -0.456 e. The van der Waals surface area contributed by atoms with Crippen molar-refractivity contribution in [3.63, 3.8) is 0 Å². The van der Waals surface area contributed by atoms with E-state index in [1.807, 2.05) is 25.1 Å². The van der Waals surface area contributed by atoms with Gasteiger partial charge >= 0.3 is 0 Å². The zero-order valence-corrected chi connectivity index (χ0v) is 18.7. The third-order valence-corrected chi connectivity index (χ3v) is 5.90. The SMILES string of the molecule is CCc1ccc(CC(=O)Nc2ccc(S(N)(=O)=O)cc2)cc1Oc1cccc(Cl)c1C#N. The first-order chi connectivity index (χ1) is 15.2. The summed E-state index contributed by atoms with van der Waals surface area (Å²) < 4.78 is 28.7. The highest BCUT2D eigenvalue weighted by Crippen LogP contribution is 2.32. The Morgan fingerprint density at radius 2 is 1.84 bits per heavy atom. The molecule has 7 nitrogen and oxygen atoms in total. The highest BCUT2D eigenvalue weighted by molar-refractivity contribution is 7.89. The Balaban J connectivity index is 1.77. The van der Waals surface area contributed by atoms with Crippen molar-refractivity contribution >= 4 is 33.2 Å². The zero-order chi connectivity index (χ0) is 23.3. The Bertz CT molecular complexity index is 1300. The quantitative estimate of drug-likeness (QED) is 0.531. The monoisotopic (exact) mass is 469 g/mol. The van der Waals surface area contributed by atoms with Crippen molar-refractivity contribution in [1.29, 1.82) is 5.26 Å². The molecule has 0 saturated carbocycles. The lowest BCUT2D eigenvalue weighted by atomic mass is 10.1. The Kier molecular flexibility index (Phi) is 7.15. The molecule has 0 aliphatic heterocycles. The van der Waals surface area contributed by atoms with E-state index in [1.54, 1.807) is 24.3 Å². The van der Waals surface area contributed by atoms with E-state index >= 15 is 0 Å². The molecule has 0 bridgehead atoms. The van der Waals surface area contributed by atoms with Gasteiger partial charge in [0.25, 0.3) is 0 Å². The maximum absolute atomic E-state index is 12.5. The number of rotatable bonds is 7. The molecule has 0 aromatic heterocycles. The molecule has 0 radical (unpaired) electrons. The lowest BCUT2D eigenvalue weighted by Crippen LogP contribution is -2.15. The molecule has 3 aromatic rings. The van der Waals surface area contributed by atoms with Gasteiger partial charge in [-0.25, -0.2) is 13.6 Å². The minimum absolute atomic E-state index is 0.0369. The number of primary sulfonamides is 1. The fourth-order valence-electron chi connectivity index (χ4n) is 3.03. The van der Waals surface area contributed by atoms with E-state index in [-0.39, 0.29) is 22.8 Å². The van der Waals surface area contributed by atoms with Gasteiger partial charge in [-0.3, -0.25) is 4.79 Å². The van der Waals surface area contributed by atoms with Crippen molar-refractivity contribution < 1.29 is 17.9 Å². The number of nitrogens with zero attached hydrogens (tertiary/aromatic N) is 1. The average molecular weight is 470 g/mol. The van der Waals surface area contributed by atoms with E-state index in [0.717, 1.165) is 5.56 Å². The fourth-order valence-corrected chi connectivity index (χ4v) is 3.75. The average Bonchev–Trinajstić information content (AvgIpc) is 2.74. The summed E-state index contributed by atoms with van der Waals surface area (Å²) in [6.07, 6.45) is 0.763. The number of aryl methyl sites for hydroxylation is 1. The second-order valence-corrected chi connectivity index (χ2v) is 8.89. The number of halogens is 1. The van der Waals surface area contributed by atoms with Gasteiger partial charge in [-0.05, 0) is 60.0 Å². The highest BCUT2D eigenvalue weighted by Gasteiger charge is 2.13. The third-order valence-electron chi connectivity index (χ3n) is 4.65. The number of hydrogen-bond donors (Lipinski definition) is 2. The number of nitriles is 1. The standard InChI is InChI=1S/C23H20ClN3O4S/c1-2-16-7-6-15(12-22(16)31-21-5-3-4-20(24)19(21)14-25)13-23(28)27-17-8-10-18(11-9-17)32(26,29)30/h3-12H,2,13H2,1H3,(H,27,28)(H2,26,29,30). The topological polar surface area (TPSA) is 122 Å². The minimum atomic E-state index is -3.80. The molecule has 0 heterocycles. The molecule has 0 unspecified atom stereocenters. The molecule has 0 aliphatic carbocycles. The summed E-state index contributed by atoms with van der Waals surface area (Å²) in [5.74, 6) is 0.587. The van der Waals surface area contributed by atoms with Gasteiger partial charge in [-0.1, -0.05) is 36.7 Å². The van der Waals surface area contributed by atoms with Gasteiger partial charge < -0.3 is 10.1 Å². The van der Waals surface area contributed by atoms with Gasteiger partial charge in [0.05, 0.1) is 16.3 Å². The second-order valence-electron chi connectivity index (χ2n) is 6.92. The molecule has 3 rings (SSSR count). The van der Waals surface area contributed by atoms with Crippen LogP contribution in [0.15, 0.2) is 65.6 Å². The maximum atomic E-state index is 12.5. The lowest BCUT2D eigenvalue weighted by Gasteiger charge is -2.14. The molecule has 0 saturated heterocycles. The van der Waals surface area contributed by atoms with Crippen LogP contribution in [-0.4, -0.2) is 14.3 Å². The molecule has 0 fully saturated rings. The molecular weight excluding hydrogens is 450 g/mol. The van der Waals surface area contributed by atoms with Crippen LogP contribution in [-0.2, 0) is 27.7 Å². The van der Waals surface area contributed by atoms with Crippen LogP contribution < -0.4 is 15.2 Å². The van der Waals surface area contributed by atoms with E-state index < -0.39 is 10.0 Å². The predicted octanol–water partition coefficient (Wildman–Crippen LogP) is 4.39. The van der Waals surface area contributed by atoms with Crippen LogP contribution in [0.3, 0.4) is 0 Å². The van der Waals surface area contributed by atoms with Crippen LogP contribution in [0.1, 0.15) is 23.6 Å². The predicted molar refractivity (Wildman–Crippen MR) is 122 cm³/mol. The van der Waals surface area contributed by atoms with Crippen molar-refractivity contribution in [2.75, 3.05) is 5.32 Å². The summed E-state index contributed by atoms with van der Waals surface area (Å²) in [7, 11) is -3.80. The van der Waals surface area contributed by atoms with E-state index in [9.17, 15) is 18.5 Å². The number of ether oxygens (including phenoxy) is 1. The first-order valence-corrected chi connectivity index (χ1v) is 11.5. The number of sulfonamides is 1. The molecule has 0 atom stereocenters. The lowest BCUT2D eigenvalue weighted by molar-refractivity contribution is -0.115. The number of nitrogens with two attached hydrogens (primary N) is 1. The Labute approximate surface area is 191 Å². The van der Waals surface area contributed by atoms with Crippen LogP contribution in [0.25, 0.3) is 0 Å². The van der Waals surface area contributed by atoms with Gasteiger partial charge in [0, 0.05) is 5.69 Å². The van der Waals surface area contributed by atoms with Crippen molar-refractivity contribution in [2.24, 2.45) is 5.14 Å². The smallest absolute Gasteiger partial charge is 0.238 e. The number of nitrogens with one attached hydrogen (secondary N) is 1. The van der Waals surface area contributed by atoms with Crippen LogP contribution >= 0.6 is 11.6 Å². The number of carbonyl (C=O) groups is 1. The Morgan fingerprint density at radius 1 is 1.12 bits per heavy atom. The molecule has 164 valence electrons. The summed E-state index contributed by atoms with van der Waals surface area (Å²) >= 11 is 6.09. The molecule has 32 heavy (non-hydrogen) atoms. The highest BCUT2D eigenvalue weighted by atomic mass is 35.5. The van der Waals surface area contributed by atoms with Crippen molar-refractivity contribution in [1.82, 2.24) is 0 Å². The van der Waals surface area contributed by atoms with Crippen LogP contribution in [0.5, 0.6) is 11.5 Å². The van der Waals surface area contributed by atoms with Crippen molar-refractivity contribution in [2.45, 2.75) is 24.7 Å². The van der Waals surface area contributed by atoms with E-state index in [4.69, 9.17) is 21.5 Å². The first-order valence-electron chi connectivity index (χ1n) is 9.62.